The number of rotatable bonds is 6. The number of hydrogen-bond donors (Lipinski definition) is 3. The zero-order chi connectivity index (χ0) is 21.8. The average molecular weight is 408 g/mol. The molecule has 8 heteroatoms. The second kappa shape index (κ2) is 8.77. The third-order valence-corrected chi connectivity index (χ3v) is 4.74. The number of pyridine rings is 1. The predicted molar refractivity (Wildman–Crippen MR) is 113 cm³/mol. The van der Waals surface area contributed by atoms with Gasteiger partial charge >= 0.3 is 11.9 Å². The van der Waals surface area contributed by atoms with Crippen LogP contribution < -0.4 is 10.6 Å². The lowest BCUT2D eigenvalue weighted by molar-refractivity contribution is -0.147. The average Bonchev–Trinajstić information content (AvgIpc) is 3.05. The van der Waals surface area contributed by atoms with Crippen molar-refractivity contribution in [3.05, 3.63) is 59.5 Å². The molecule has 156 valence electrons. The van der Waals surface area contributed by atoms with Gasteiger partial charge in [-0.1, -0.05) is 49.3 Å². The van der Waals surface area contributed by atoms with Crippen LogP contribution in [0, 0.1) is 19.8 Å². The van der Waals surface area contributed by atoms with Crippen molar-refractivity contribution in [1.29, 1.82) is 0 Å². The summed E-state index contributed by atoms with van der Waals surface area (Å²) >= 11 is 0. The van der Waals surface area contributed by atoms with Gasteiger partial charge in [-0.15, -0.1) is 0 Å². The number of nitrogens with one attached hydrogen (secondary N) is 2. The number of nitrogens with zero attached hydrogens (tertiary/aromatic N) is 2. The van der Waals surface area contributed by atoms with Crippen LogP contribution in [0.3, 0.4) is 0 Å². The first-order chi connectivity index (χ1) is 14.3. The largest absolute Gasteiger partial charge is 0.474 e. The monoisotopic (exact) mass is 408 g/mol. The maximum atomic E-state index is 11.8. The molecule has 1 atom stereocenters. The van der Waals surface area contributed by atoms with Gasteiger partial charge in [0, 0.05) is 0 Å². The van der Waals surface area contributed by atoms with E-state index >= 15 is 0 Å². The molecule has 0 radical (unpaired) electrons. The van der Waals surface area contributed by atoms with Crippen LogP contribution in [0.4, 0.5) is 11.5 Å². The number of aliphatic carboxylic acids is 1. The fourth-order valence-electron chi connectivity index (χ4n) is 3.28. The Morgan fingerprint density at radius 1 is 1.07 bits per heavy atom. The van der Waals surface area contributed by atoms with Crippen LogP contribution >= 0.6 is 0 Å². The number of carbonyl (C=O) groups excluding carboxylic acids is 1. The van der Waals surface area contributed by atoms with Crippen LogP contribution in [-0.2, 0) is 9.59 Å². The Bertz CT molecular complexity index is 1040. The first kappa shape index (κ1) is 21.0. The summed E-state index contributed by atoms with van der Waals surface area (Å²) in [6, 6.07) is 13.1. The highest BCUT2D eigenvalue weighted by Crippen LogP contribution is 2.33. The van der Waals surface area contributed by atoms with Gasteiger partial charge in [0.15, 0.2) is 5.82 Å². The van der Waals surface area contributed by atoms with Crippen LogP contribution in [0.15, 0.2) is 47.0 Å². The molecule has 2 heterocycles. The van der Waals surface area contributed by atoms with Crippen LogP contribution in [0.25, 0.3) is 11.3 Å². The van der Waals surface area contributed by atoms with Crippen molar-refractivity contribution in [2.45, 2.75) is 33.7 Å². The first-order valence-corrected chi connectivity index (χ1v) is 9.58. The number of carboxylic acids is 1. The van der Waals surface area contributed by atoms with Crippen molar-refractivity contribution >= 4 is 23.4 Å². The lowest BCUT2D eigenvalue weighted by Crippen LogP contribution is -2.24. The maximum Gasteiger partial charge on any atom is 0.394 e. The highest BCUT2D eigenvalue weighted by atomic mass is 16.5. The van der Waals surface area contributed by atoms with Gasteiger partial charge in [-0.05, 0) is 37.5 Å². The molecule has 0 spiro atoms. The molecule has 2 aromatic heterocycles. The number of anilines is 2. The molecular weight excluding hydrogens is 384 g/mol. The molecule has 0 bridgehead atoms. The van der Waals surface area contributed by atoms with E-state index in [0.717, 1.165) is 11.1 Å². The molecule has 0 aliphatic heterocycles. The predicted octanol–water partition coefficient (Wildman–Crippen LogP) is 4.19. The molecular formula is C22H24N4O4. The number of carbonyl (C=O) groups is 2. The number of aromatic nitrogens is 2. The Morgan fingerprint density at radius 3 is 2.33 bits per heavy atom. The van der Waals surface area contributed by atoms with Crippen molar-refractivity contribution in [2.75, 3.05) is 10.6 Å². The topological polar surface area (TPSA) is 117 Å². The van der Waals surface area contributed by atoms with Crippen LogP contribution in [0.1, 0.15) is 36.9 Å². The van der Waals surface area contributed by atoms with Gasteiger partial charge in [-0.2, -0.15) is 0 Å². The molecule has 3 rings (SSSR count). The molecule has 1 amide bonds. The highest BCUT2D eigenvalue weighted by molar-refractivity contribution is 6.36. The molecule has 0 aliphatic rings. The number of aryl methyl sites for hydroxylation is 2. The van der Waals surface area contributed by atoms with E-state index in [2.05, 4.69) is 34.6 Å². The number of hydrogen-bond acceptors (Lipinski definition) is 6. The zero-order valence-electron chi connectivity index (χ0n) is 17.3. The van der Waals surface area contributed by atoms with E-state index in [-0.39, 0.29) is 17.6 Å². The number of carboxylic acid groups (broad SMARTS) is 1. The van der Waals surface area contributed by atoms with E-state index in [1.54, 1.807) is 19.1 Å². The summed E-state index contributed by atoms with van der Waals surface area (Å²) in [5.74, 6) is -1.52. The number of amides is 1. The van der Waals surface area contributed by atoms with Gasteiger partial charge in [0.2, 0.25) is 0 Å². The summed E-state index contributed by atoms with van der Waals surface area (Å²) in [6.45, 7) is 7.75. The summed E-state index contributed by atoms with van der Waals surface area (Å²) in [6.07, 6.45) is 0. The van der Waals surface area contributed by atoms with Gasteiger partial charge in [-0.25, -0.2) is 9.78 Å². The second-order valence-corrected chi connectivity index (χ2v) is 7.33. The highest BCUT2D eigenvalue weighted by Gasteiger charge is 2.22. The van der Waals surface area contributed by atoms with Crippen molar-refractivity contribution in [3.8, 4) is 11.3 Å². The summed E-state index contributed by atoms with van der Waals surface area (Å²) in [5, 5.41) is 18.7. The Morgan fingerprint density at radius 2 is 1.77 bits per heavy atom. The summed E-state index contributed by atoms with van der Waals surface area (Å²) in [5.41, 5.74) is 3.39. The Balaban J connectivity index is 2.06. The van der Waals surface area contributed by atoms with Crippen molar-refractivity contribution in [3.63, 3.8) is 0 Å². The van der Waals surface area contributed by atoms with E-state index in [9.17, 15) is 9.59 Å². The quantitative estimate of drug-likeness (QED) is 0.524. The van der Waals surface area contributed by atoms with Gasteiger partial charge in [0.05, 0.1) is 28.7 Å². The lowest BCUT2D eigenvalue weighted by Gasteiger charge is -2.25. The Kier molecular flexibility index (Phi) is 6.15. The first-order valence-electron chi connectivity index (χ1n) is 9.58. The molecule has 30 heavy (non-hydrogen) atoms. The van der Waals surface area contributed by atoms with Gasteiger partial charge in [-0.3, -0.25) is 4.79 Å². The molecule has 1 aromatic carbocycles. The van der Waals surface area contributed by atoms with Crippen LogP contribution in [0.5, 0.6) is 0 Å². The lowest BCUT2D eigenvalue weighted by atomic mass is 9.96. The SMILES string of the molecule is Cc1noc(C)c1-c1ccc(NC(=O)C(=O)O)c(N[C@H](c2ccccc2)C(C)C)n1. The fourth-order valence-corrected chi connectivity index (χ4v) is 3.28. The summed E-state index contributed by atoms with van der Waals surface area (Å²) < 4.78 is 5.25. The molecule has 3 aromatic rings. The second-order valence-electron chi connectivity index (χ2n) is 7.33. The van der Waals surface area contributed by atoms with Crippen molar-refractivity contribution in [1.82, 2.24) is 10.1 Å². The maximum absolute atomic E-state index is 11.8. The van der Waals surface area contributed by atoms with Gasteiger partial charge in [0.25, 0.3) is 0 Å². The van der Waals surface area contributed by atoms with Crippen LogP contribution in [0.2, 0.25) is 0 Å². The van der Waals surface area contributed by atoms with E-state index in [4.69, 9.17) is 9.63 Å². The van der Waals surface area contributed by atoms with E-state index < -0.39 is 11.9 Å². The van der Waals surface area contributed by atoms with Gasteiger partial charge in [0.1, 0.15) is 5.76 Å². The standard InChI is InChI=1S/C22H24N4O4/c1-12(2)19(15-8-6-5-7-9-15)25-20-17(24-21(27)22(28)29)11-10-16(23-20)18-13(3)26-30-14(18)4/h5-12,19H,1-4H3,(H,23,25)(H,24,27)(H,28,29)/t19-/m0/s1. The van der Waals surface area contributed by atoms with E-state index in [1.807, 2.05) is 37.3 Å². The molecule has 0 fully saturated rings. The van der Waals surface area contributed by atoms with Crippen molar-refractivity contribution in [2.24, 2.45) is 5.92 Å². The molecule has 8 nitrogen and oxygen atoms in total. The molecule has 0 saturated heterocycles. The Hall–Kier alpha value is -3.68. The normalized spacial score (nSPS) is 11.9. The molecule has 0 aliphatic carbocycles. The fraction of sp³-hybridized carbons (Fsp3) is 0.273. The Labute approximate surface area is 174 Å². The molecule has 3 N–H and O–H groups in total. The zero-order valence-corrected chi connectivity index (χ0v) is 17.3. The van der Waals surface area contributed by atoms with Gasteiger partial charge < -0.3 is 20.3 Å². The van der Waals surface area contributed by atoms with Crippen LogP contribution in [-0.4, -0.2) is 27.1 Å². The molecule has 0 unspecified atom stereocenters. The third kappa shape index (κ3) is 4.48. The summed E-state index contributed by atoms with van der Waals surface area (Å²) in [7, 11) is 0. The minimum atomic E-state index is -1.57. The molecule has 0 saturated carbocycles. The third-order valence-electron chi connectivity index (χ3n) is 4.74. The van der Waals surface area contributed by atoms with E-state index in [0.29, 0.717) is 23.0 Å². The minimum absolute atomic E-state index is 0.112. The van der Waals surface area contributed by atoms with Crippen molar-refractivity contribution < 1.29 is 19.2 Å². The number of benzene rings is 1. The van der Waals surface area contributed by atoms with E-state index in [1.165, 1.54) is 0 Å². The smallest absolute Gasteiger partial charge is 0.394 e. The summed E-state index contributed by atoms with van der Waals surface area (Å²) in [4.78, 5) is 27.5. The minimum Gasteiger partial charge on any atom is -0.474 e.